The first-order chi connectivity index (χ1) is 15.1. The molecule has 2 aromatic carbocycles. The molecule has 0 spiro atoms. The highest BCUT2D eigenvalue weighted by Gasteiger charge is 2.41. The van der Waals surface area contributed by atoms with Gasteiger partial charge in [-0.25, -0.2) is 4.79 Å². The van der Waals surface area contributed by atoms with Crippen LogP contribution in [-0.4, -0.2) is 35.5 Å². The number of amides is 1. The van der Waals surface area contributed by atoms with Crippen molar-refractivity contribution in [3.8, 4) is 0 Å². The van der Waals surface area contributed by atoms with Crippen LogP contribution in [0.3, 0.4) is 0 Å². The van der Waals surface area contributed by atoms with Gasteiger partial charge in [-0.15, -0.1) is 0 Å². The molecule has 0 saturated carbocycles. The lowest BCUT2D eigenvalue weighted by atomic mass is 9.99. The second-order valence-electron chi connectivity index (χ2n) is 7.85. The normalized spacial score (nSPS) is 12.8. The Hall–Kier alpha value is -3.72. The van der Waals surface area contributed by atoms with Crippen molar-refractivity contribution in [3.05, 3.63) is 71.8 Å². The van der Waals surface area contributed by atoms with E-state index in [1.54, 1.807) is 69.3 Å². The van der Waals surface area contributed by atoms with Gasteiger partial charge in [-0.05, 0) is 38.5 Å². The zero-order chi connectivity index (χ0) is 23.7. The van der Waals surface area contributed by atoms with Gasteiger partial charge in [-0.1, -0.05) is 48.5 Å². The molecule has 0 aromatic heterocycles. The molecule has 32 heavy (non-hydrogen) atoms. The van der Waals surface area contributed by atoms with E-state index in [-0.39, 0.29) is 12.2 Å². The van der Waals surface area contributed by atoms with Gasteiger partial charge in [-0.2, -0.15) is 5.48 Å². The Morgan fingerprint density at radius 1 is 0.906 bits per heavy atom. The molecule has 1 amide bonds. The number of ether oxygens (including phenoxy) is 2. The maximum absolute atomic E-state index is 12.7. The van der Waals surface area contributed by atoms with Gasteiger partial charge in [0.05, 0.1) is 5.56 Å². The largest absolute Gasteiger partial charge is 0.460 e. The summed E-state index contributed by atoms with van der Waals surface area (Å²) in [6.07, 6.45) is 0. The van der Waals surface area contributed by atoms with Crippen molar-refractivity contribution in [2.45, 2.75) is 39.0 Å². The molecule has 170 valence electrons. The first-order valence-electron chi connectivity index (χ1n) is 9.83. The fraction of sp³-hybridized carbons (Fsp3) is 0.304. The highest BCUT2D eigenvalue weighted by Crippen LogP contribution is 2.15. The van der Waals surface area contributed by atoms with Crippen LogP contribution in [0.25, 0.3) is 0 Å². The molecule has 0 saturated heterocycles. The topological polar surface area (TPSA) is 134 Å². The van der Waals surface area contributed by atoms with Gasteiger partial charge < -0.3 is 20.0 Å². The van der Waals surface area contributed by atoms with Crippen molar-refractivity contribution in [2.75, 3.05) is 0 Å². The van der Waals surface area contributed by atoms with Gasteiger partial charge in [-0.3, -0.25) is 14.4 Å². The van der Waals surface area contributed by atoms with Crippen molar-refractivity contribution < 1.29 is 33.5 Å². The molecule has 9 heteroatoms. The average molecular weight is 442 g/mol. The van der Waals surface area contributed by atoms with Gasteiger partial charge in [0.25, 0.3) is 5.91 Å². The highest BCUT2D eigenvalue weighted by molar-refractivity contribution is 6.03. The predicted molar refractivity (Wildman–Crippen MR) is 114 cm³/mol. The Morgan fingerprint density at radius 3 is 2.03 bits per heavy atom. The summed E-state index contributed by atoms with van der Waals surface area (Å²) in [5, 5.41) is 0. The minimum Gasteiger partial charge on any atom is -0.460 e. The smallest absolute Gasteiger partial charge is 0.362 e. The minimum absolute atomic E-state index is 0.145. The lowest BCUT2D eigenvalue weighted by molar-refractivity contribution is -0.168. The zero-order valence-corrected chi connectivity index (χ0v) is 18.1. The van der Waals surface area contributed by atoms with E-state index < -0.39 is 41.4 Å². The number of nitrogens with one attached hydrogen (secondary N) is 1. The van der Waals surface area contributed by atoms with Gasteiger partial charge in [0.15, 0.2) is 5.92 Å². The summed E-state index contributed by atoms with van der Waals surface area (Å²) in [6.45, 7) is 4.69. The Balaban J connectivity index is 2.12. The molecule has 3 N–H and O–H groups in total. The molecule has 0 aliphatic heterocycles. The maximum Gasteiger partial charge on any atom is 0.362 e. The van der Waals surface area contributed by atoms with E-state index in [4.69, 9.17) is 20.0 Å². The standard InChI is InChI=1S/C23H26N2O7/c1-23(2,3)31-22(29)18(24)17(21(28)30-14-15-10-6-4-7-11-15)19(26)25-32-20(27)16-12-8-5-9-13-16/h4-13,17-18H,14,24H2,1-3H3,(H,25,26). The Labute approximate surface area is 185 Å². The van der Waals surface area contributed by atoms with E-state index >= 15 is 0 Å². The third kappa shape index (κ3) is 7.51. The van der Waals surface area contributed by atoms with Crippen molar-refractivity contribution in [1.29, 1.82) is 0 Å². The van der Waals surface area contributed by atoms with Crippen LogP contribution in [0.5, 0.6) is 0 Å². The first-order valence-corrected chi connectivity index (χ1v) is 9.83. The van der Waals surface area contributed by atoms with Gasteiger partial charge >= 0.3 is 17.9 Å². The third-order valence-corrected chi connectivity index (χ3v) is 4.05. The number of hydroxylamine groups is 1. The monoisotopic (exact) mass is 442 g/mol. The molecule has 2 rings (SSSR count). The molecule has 2 atom stereocenters. The van der Waals surface area contributed by atoms with Crippen molar-refractivity contribution >= 4 is 23.8 Å². The van der Waals surface area contributed by atoms with Crippen molar-refractivity contribution in [2.24, 2.45) is 11.7 Å². The fourth-order valence-electron chi connectivity index (χ4n) is 2.53. The van der Waals surface area contributed by atoms with E-state index in [2.05, 4.69) is 0 Å². The van der Waals surface area contributed by atoms with Gasteiger partial charge in [0, 0.05) is 0 Å². The second kappa shape index (κ2) is 11.1. The summed E-state index contributed by atoms with van der Waals surface area (Å²) in [7, 11) is 0. The van der Waals surface area contributed by atoms with Crippen LogP contribution in [0.2, 0.25) is 0 Å². The summed E-state index contributed by atoms with van der Waals surface area (Å²) < 4.78 is 10.4. The van der Waals surface area contributed by atoms with Crippen LogP contribution in [0.1, 0.15) is 36.7 Å². The van der Waals surface area contributed by atoms with E-state index in [0.29, 0.717) is 5.56 Å². The SMILES string of the molecule is CC(C)(C)OC(=O)C(N)C(C(=O)NOC(=O)c1ccccc1)C(=O)OCc1ccccc1. The molecule has 2 aromatic rings. The quantitative estimate of drug-likeness (QED) is 0.287. The minimum atomic E-state index is -1.81. The second-order valence-corrected chi connectivity index (χ2v) is 7.85. The van der Waals surface area contributed by atoms with Crippen LogP contribution < -0.4 is 11.2 Å². The van der Waals surface area contributed by atoms with E-state index in [1.807, 2.05) is 5.48 Å². The van der Waals surface area contributed by atoms with Crippen LogP contribution in [0, 0.1) is 5.92 Å². The van der Waals surface area contributed by atoms with Gasteiger partial charge in [0.1, 0.15) is 18.2 Å². The predicted octanol–water partition coefficient (Wildman–Crippen LogP) is 1.90. The molecule has 0 radical (unpaired) electrons. The van der Waals surface area contributed by atoms with E-state index in [1.165, 1.54) is 12.1 Å². The summed E-state index contributed by atoms with van der Waals surface area (Å²) in [6, 6.07) is 14.9. The molecule has 0 aliphatic rings. The highest BCUT2D eigenvalue weighted by atomic mass is 16.7. The number of rotatable bonds is 7. The van der Waals surface area contributed by atoms with Crippen molar-refractivity contribution in [1.82, 2.24) is 5.48 Å². The molecule has 9 nitrogen and oxygen atoms in total. The molecule has 0 heterocycles. The number of benzene rings is 2. The van der Waals surface area contributed by atoms with E-state index in [0.717, 1.165) is 0 Å². The molecule has 0 bridgehead atoms. The Kier molecular flexibility index (Phi) is 8.48. The number of esters is 2. The Bertz CT molecular complexity index is 940. The van der Waals surface area contributed by atoms with Crippen LogP contribution >= 0.6 is 0 Å². The summed E-state index contributed by atoms with van der Waals surface area (Å²) in [5.41, 5.74) is 7.70. The number of hydrogen-bond acceptors (Lipinski definition) is 8. The Morgan fingerprint density at radius 2 is 1.47 bits per heavy atom. The lowest BCUT2D eigenvalue weighted by Gasteiger charge is -2.25. The third-order valence-electron chi connectivity index (χ3n) is 4.05. The molecule has 0 aliphatic carbocycles. The zero-order valence-electron chi connectivity index (χ0n) is 18.1. The van der Waals surface area contributed by atoms with Crippen LogP contribution in [0.15, 0.2) is 60.7 Å². The summed E-state index contributed by atoms with van der Waals surface area (Å²) in [5.74, 6) is -5.84. The molecular weight excluding hydrogens is 416 g/mol. The number of hydrogen-bond donors (Lipinski definition) is 2. The van der Waals surface area contributed by atoms with Crippen molar-refractivity contribution in [3.63, 3.8) is 0 Å². The molecule has 2 unspecified atom stereocenters. The fourth-order valence-corrected chi connectivity index (χ4v) is 2.53. The van der Waals surface area contributed by atoms with Gasteiger partial charge in [0.2, 0.25) is 0 Å². The molecule has 0 fully saturated rings. The maximum atomic E-state index is 12.7. The first kappa shape index (κ1) is 24.5. The number of carbonyl (C=O) groups excluding carboxylic acids is 4. The lowest BCUT2D eigenvalue weighted by Crippen LogP contribution is -2.52. The number of carbonyl (C=O) groups is 4. The molecular formula is C23H26N2O7. The van der Waals surface area contributed by atoms with Crippen LogP contribution in [0.4, 0.5) is 0 Å². The summed E-state index contributed by atoms with van der Waals surface area (Å²) in [4.78, 5) is 54.6. The van der Waals surface area contributed by atoms with E-state index in [9.17, 15) is 19.2 Å². The van der Waals surface area contributed by atoms with Crippen LogP contribution in [-0.2, 0) is 35.3 Å². The average Bonchev–Trinajstić information content (AvgIpc) is 2.76. The summed E-state index contributed by atoms with van der Waals surface area (Å²) >= 11 is 0. The number of nitrogens with two attached hydrogens (primary N) is 1.